The molecule has 0 saturated carbocycles. The number of benzene rings is 2. The van der Waals surface area contributed by atoms with Gasteiger partial charge in [-0.3, -0.25) is 4.79 Å². The fraction of sp³-hybridized carbons (Fsp3) is 0.118. The van der Waals surface area contributed by atoms with Gasteiger partial charge in [0, 0.05) is 15.7 Å². The fourth-order valence-corrected chi connectivity index (χ4v) is 3.03. The van der Waals surface area contributed by atoms with Gasteiger partial charge in [0.1, 0.15) is 6.17 Å². The largest absolute Gasteiger partial charge is 0.478 e. The smallest absolute Gasteiger partial charge is 0.335 e. The fourth-order valence-electron chi connectivity index (χ4n) is 2.07. The van der Waals surface area contributed by atoms with E-state index < -0.39 is 21.8 Å². The number of hydrogen-bond acceptors (Lipinski definition) is 3. The summed E-state index contributed by atoms with van der Waals surface area (Å²) in [6.07, 6.45) is -1.16. The number of amides is 1. The molecule has 4 N–H and O–H groups in total. The lowest BCUT2D eigenvalue weighted by molar-refractivity contribution is 0.0696. The molecule has 1 amide bonds. The van der Waals surface area contributed by atoms with Crippen molar-refractivity contribution in [3.05, 3.63) is 64.1 Å². The van der Waals surface area contributed by atoms with Crippen LogP contribution in [-0.4, -0.2) is 32.1 Å². The van der Waals surface area contributed by atoms with Gasteiger partial charge >= 0.3 is 5.97 Å². The van der Waals surface area contributed by atoms with E-state index in [0.29, 0.717) is 15.7 Å². The number of aromatic carboxylic acids is 1. The minimum Gasteiger partial charge on any atom is -0.478 e. The number of carboxylic acids is 1. The van der Waals surface area contributed by atoms with Gasteiger partial charge in [0.15, 0.2) is 5.11 Å². The highest BCUT2D eigenvalue weighted by molar-refractivity contribution is 9.10. The molecule has 0 aliphatic carbocycles. The number of carbonyl (C=O) groups excluding carboxylic acids is 1. The third kappa shape index (κ3) is 6.79. The summed E-state index contributed by atoms with van der Waals surface area (Å²) in [6.45, 7) is 0. The average molecular weight is 526 g/mol. The van der Waals surface area contributed by atoms with Crippen molar-refractivity contribution in [3.8, 4) is 0 Å². The third-order valence-electron chi connectivity index (χ3n) is 3.33. The lowest BCUT2D eigenvalue weighted by Crippen LogP contribution is -2.56. The number of carbonyl (C=O) groups is 2. The number of nitrogens with one attached hydrogen (secondary N) is 3. The van der Waals surface area contributed by atoms with Crippen LogP contribution in [0.1, 0.15) is 20.7 Å². The number of anilines is 1. The second-order valence-electron chi connectivity index (χ2n) is 5.44. The Bertz CT molecular complexity index is 908. The zero-order valence-corrected chi connectivity index (χ0v) is 18.6. The Labute approximate surface area is 189 Å². The summed E-state index contributed by atoms with van der Waals surface area (Å²) in [5.41, 5.74) is 0.843. The molecule has 1 atom stereocenters. The Hall–Kier alpha value is -1.58. The number of thiocarbonyl (C=S) groups is 1. The van der Waals surface area contributed by atoms with E-state index in [9.17, 15) is 9.59 Å². The topological polar surface area (TPSA) is 90.5 Å². The molecular weight excluding hydrogens is 513 g/mol. The zero-order chi connectivity index (χ0) is 20.9. The maximum absolute atomic E-state index is 12.4. The normalized spacial score (nSPS) is 12.0. The number of hydrogen-bond donors (Lipinski definition) is 4. The highest BCUT2D eigenvalue weighted by atomic mass is 79.9. The van der Waals surface area contributed by atoms with Crippen molar-refractivity contribution >= 4 is 85.6 Å². The van der Waals surface area contributed by atoms with Crippen LogP contribution in [0.5, 0.6) is 0 Å². The summed E-state index contributed by atoms with van der Waals surface area (Å²) in [6, 6.07) is 12.7. The van der Waals surface area contributed by atoms with Gasteiger partial charge in [-0.15, -0.1) is 0 Å². The van der Waals surface area contributed by atoms with Crippen LogP contribution in [0.15, 0.2) is 53.0 Å². The quantitative estimate of drug-likeness (QED) is 0.260. The van der Waals surface area contributed by atoms with Crippen LogP contribution in [0.25, 0.3) is 0 Å². The highest BCUT2D eigenvalue weighted by Gasteiger charge is 2.35. The summed E-state index contributed by atoms with van der Waals surface area (Å²) >= 11 is 26.3. The van der Waals surface area contributed by atoms with Crippen LogP contribution in [-0.2, 0) is 0 Å². The first-order valence-electron chi connectivity index (χ1n) is 7.60. The number of carboxylic acid groups (broad SMARTS) is 1. The van der Waals surface area contributed by atoms with Gasteiger partial charge in [0.2, 0.25) is 3.79 Å². The maximum Gasteiger partial charge on any atom is 0.335 e. The maximum atomic E-state index is 12.4. The van der Waals surface area contributed by atoms with Gasteiger partial charge < -0.3 is 21.1 Å². The molecule has 0 aromatic heterocycles. The molecule has 0 bridgehead atoms. The molecule has 0 unspecified atom stereocenters. The predicted octanol–water partition coefficient (Wildman–Crippen LogP) is 4.56. The monoisotopic (exact) mass is 523 g/mol. The van der Waals surface area contributed by atoms with Crippen molar-refractivity contribution in [2.45, 2.75) is 9.96 Å². The van der Waals surface area contributed by atoms with Crippen LogP contribution >= 0.6 is 63.0 Å². The first-order valence-corrected chi connectivity index (χ1v) is 9.94. The summed E-state index contributed by atoms with van der Waals surface area (Å²) in [5.74, 6) is -1.57. The van der Waals surface area contributed by atoms with E-state index >= 15 is 0 Å². The molecule has 2 rings (SSSR count). The second-order valence-corrected chi connectivity index (χ2v) is 9.14. The number of halogens is 4. The Morgan fingerprint density at radius 2 is 1.68 bits per heavy atom. The second kappa shape index (κ2) is 9.76. The van der Waals surface area contributed by atoms with Crippen molar-refractivity contribution in [2.75, 3.05) is 5.32 Å². The van der Waals surface area contributed by atoms with Crippen molar-refractivity contribution in [1.29, 1.82) is 0 Å². The average Bonchev–Trinajstić information content (AvgIpc) is 2.60. The molecule has 0 heterocycles. The van der Waals surface area contributed by atoms with Gasteiger partial charge in [0.25, 0.3) is 5.91 Å². The van der Waals surface area contributed by atoms with E-state index in [1.807, 2.05) is 0 Å². The van der Waals surface area contributed by atoms with Crippen molar-refractivity contribution in [1.82, 2.24) is 10.6 Å². The van der Waals surface area contributed by atoms with Gasteiger partial charge in [-0.05, 0) is 48.6 Å². The summed E-state index contributed by atoms with van der Waals surface area (Å²) < 4.78 is -1.20. The van der Waals surface area contributed by atoms with Crippen LogP contribution in [0, 0.1) is 0 Å². The lowest BCUT2D eigenvalue weighted by atomic mass is 10.2. The van der Waals surface area contributed by atoms with Crippen LogP contribution in [0.2, 0.25) is 0 Å². The first-order chi connectivity index (χ1) is 13.1. The van der Waals surface area contributed by atoms with Crippen LogP contribution in [0.3, 0.4) is 0 Å². The summed E-state index contributed by atoms with van der Waals surface area (Å²) in [7, 11) is 0. The predicted molar refractivity (Wildman–Crippen MR) is 118 cm³/mol. The number of rotatable bonds is 5. The van der Waals surface area contributed by atoms with E-state index in [1.165, 1.54) is 12.1 Å². The SMILES string of the molecule is O=C(O)c1cccc(NC(=S)N[C@@H](NC(=O)c2cccc(Br)c2)C(Cl)(Cl)Cl)c1. The van der Waals surface area contributed by atoms with Crippen molar-refractivity contribution < 1.29 is 14.7 Å². The molecule has 0 fully saturated rings. The lowest BCUT2D eigenvalue weighted by Gasteiger charge is -2.27. The van der Waals surface area contributed by atoms with Crippen LogP contribution in [0.4, 0.5) is 5.69 Å². The van der Waals surface area contributed by atoms with Gasteiger partial charge in [0.05, 0.1) is 5.56 Å². The molecular formula is C17H13BrCl3N3O3S. The molecule has 28 heavy (non-hydrogen) atoms. The molecule has 6 nitrogen and oxygen atoms in total. The van der Waals surface area contributed by atoms with Crippen LogP contribution < -0.4 is 16.0 Å². The Morgan fingerprint density at radius 3 is 2.29 bits per heavy atom. The number of alkyl halides is 3. The standard InChI is InChI=1S/C17H13BrCl3N3O3S/c18-11-5-1-3-9(7-11)13(25)23-15(17(19,20)21)24-16(28)22-12-6-2-4-10(8-12)14(26)27/h1-8,15H,(H,23,25)(H,26,27)(H2,22,24,28)/t15-/m1/s1. The third-order valence-corrected chi connectivity index (χ3v) is 4.70. The van der Waals surface area contributed by atoms with Crippen molar-refractivity contribution in [2.24, 2.45) is 0 Å². The minimum atomic E-state index is -1.92. The highest BCUT2D eigenvalue weighted by Crippen LogP contribution is 2.29. The minimum absolute atomic E-state index is 0.0217. The summed E-state index contributed by atoms with van der Waals surface area (Å²) in [4.78, 5) is 23.5. The van der Waals surface area contributed by atoms with E-state index in [-0.39, 0.29) is 10.7 Å². The Balaban J connectivity index is 2.09. The zero-order valence-electron chi connectivity index (χ0n) is 13.9. The molecule has 0 spiro atoms. The molecule has 148 valence electrons. The molecule has 2 aromatic rings. The first kappa shape index (κ1) is 22.7. The Kier molecular flexibility index (Phi) is 7.91. The molecule has 11 heteroatoms. The molecule has 0 saturated heterocycles. The van der Waals surface area contributed by atoms with Gasteiger partial charge in [-0.1, -0.05) is 62.9 Å². The van der Waals surface area contributed by atoms with E-state index in [4.69, 9.17) is 52.1 Å². The van der Waals surface area contributed by atoms with Gasteiger partial charge in [-0.2, -0.15) is 0 Å². The van der Waals surface area contributed by atoms with E-state index in [2.05, 4.69) is 31.9 Å². The van der Waals surface area contributed by atoms with E-state index in [0.717, 1.165) is 0 Å². The van der Waals surface area contributed by atoms with Crippen molar-refractivity contribution in [3.63, 3.8) is 0 Å². The Morgan fingerprint density at radius 1 is 1.04 bits per heavy atom. The summed E-state index contributed by atoms with van der Waals surface area (Å²) in [5, 5.41) is 17.1. The molecule has 0 aliphatic rings. The molecule has 0 radical (unpaired) electrons. The molecule has 0 aliphatic heterocycles. The molecule has 2 aromatic carbocycles. The van der Waals surface area contributed by atoms with E-state index in [1.54, 1.807) is 36.4 Å². The van der Waals surface area contributed by atoms with Gasteiger partial charge in [-0.25, -0.2) is 4.79 Å².